The standard InChI is InChI=1S/C15H9ClF3N3/c16-8-13-15(9-5-10(17)7-11(18)6-9)22(21-20-13)14-4-2-1-3-12(14)19/h1-7H,8H2. The van der Waals surface area contributed by atoms with Crippen LogP contribution < -0.4 is 0 Å². The highest BCUT2D eigenvalue weighted by Gasteiger charge is 2.19. The number of rotatable bonds is 3. The lowest BCUT2D eigenvalue weighted by atomic mass is 10.1. The summed E-state index contributed by atoms with van der Waals surface area (Å²) in [5.74, 6) is -2.07. The minimum Gasteiger partial charge on any atom is -0.210 e. The van der Waals surface area contributed by atoms with E-state index in [1.807, 2.05) is 0 Å². The number of para-hydroxylation sites is 1. The molecule has 0 atom stereocenters. The Bertz CT molecular complexity index is 812. The molecule has 1 heterocycles. The highest BCUT2D eigenvalue weighted by atomic mass is 35.5. The van der Waals surface area contributed by atoms with Gasteiger partial charge in [-0.1, -0.05) is 17.3 Å². The van der Waals surface area contributed by atoms with Crippen molar-refractivity contribution in [1.29, 1.82) is 0 Å². The minimum atomic E-state index is -0.753. The number of halogens is 4. The molecule has 0 aliphatic carbocycles. The van der Waals surface area contributed by atoms with Crippen molar-refractivity contribution in [2.24, 2.45) is 0 Å². The normalized spacial score (nSPS) is 10.9. The molecule has 0 radical (unpaired) electrons. The van der Waals surface area contributed by atoms with Crippen LogP contribution in [0.2, 0.25) is 0 Å². The lowest BCUT2D eigenvalue weighted by Gasteiger charge is -2.09. The fraction of sp³-hybridized carbons (Fsp3) is 0.0667. The molecule has 0 aliphatic heterocycles. The fourth-order valence-corrected chi connectivity index (χ4v) is 2.35. The third kappa shape index (κ3) is 2.57. The van der Waals surface area contributed by atoms with E-state index in [1.165, 1.54) is 22.9 Å². The van der Waals surface area contributed by atoms with Gasteiger partial charge in [0.1, 0.15) is 28.8 Å². The topological polar surface area (TPSA) is 30.7 Å². The first-order valence-corrected chi connectivity index (χ1v) is 6.85. The van der Waals surface area contributed by atoms with Crippen molar-refractivity contribution in [3.05, 3.63) is 65.6 Å². The van der Waals surface area contributed by atoms with Gasteiger partial charge in [-0.25, -0.2) is 17.9 Å². The minimum absolute atomic E-state index is 0.0259. The maximum Gasteiger partial charge on any atom is 0.148 e. The third-order valence-corrected chi connectivity index (χ3v) is 3.34. The van der Waals surface area contributed by atoms with Gasteiger partial charge in [0.25, 0.3) is 0 Å². The van der Waals surface area contributed by atoms with Gasteiger partial charge in [-0.05, 0) is 24.3 Å². The largest absolute Gasteiger partial charge is 0.210 e. The SMILES string of the molecule is Fc1cc(F)cc(-c2c(CCl)nnn2-c2ccccc2F)c1. The van der Waals surface area contributed by atoms with Crippen LogP contribution in [0.4, 0.5) is 13.2 Å². The lowest BCUT2D eigenvalue weighted by molar-refractivity contribution is 0.583. The second kappa shape index (κ2) is 5.81. The third-order valence-electron chi connectivity index (χ3n) is 3.08. The molecule has 0 spiro atoms. The van der Waals surface area contributed by atoms with Crippen LogP contribution in [-0.2, 0) is 5.88 Å². The molecule has 0 saturated heterocycles. The number of nitrogens with zero attached hydrogens (tertiary/aromatic N) is 3. The number of aromatic nitrogens is 3. The smallest absolute Gasteiger partial charge is 0.148 e. The fourth-order valence-electron chi connectivity index (χ4n) is 2.17. The van der Waals surface area contributed by atoms with Crippen molar-refractivity contribution in [2.75, 3.05) is 0 Å². The van der Waals surface area contributed by atoms with Crippen LogP contribution in [0.3, 0.4) is 0 Å². The van der Waals surface area contributed by atoms with Gasteiger partial charge in [-0.3, -0.25) is 0 Å². The molecular formula is C15H9ClF3N3. The summed E-state index contributed by atoms with van der Waals surface area (Å²) < 4.78 is 42.1. The van der Waals surface area contributed by atoms with E-state index in [0.29, 0.717) is 5.69 Å². The maximum atomic E-state index is 14.0. The van der Waals surface area contributed by atoms with E-state index in [0.717, 1.165) is 18.2 Å². The average Bonchev–Trinajstić information content (AvgIpc) is 2.90. The zero-order valence-electron chi connectivity index (χ0n) is 11.1. The van der Waals surface area contributed by atoms with Gasteiger partial charge in [0.05, 0.1) is 11.6 Å². The summed E-state index contributed by atoms with van der Waals surface area (Å²) in [5, 5.41) is 7.71. The molecule has 112 valence electrons. The first-order chi connectivity index (χ1) is 10.6. The second-order valence-corrected chi connectivity index (χ2v) is 4.81. The van der Waals surface area contributed by atoms with Crippen LogP contribution in [0.25, 0.3) is 16.9 Å². The van der Waals surface area contributed by atoms with Crippen LogP contribution in [0.1, 0.15) is 5.69 Å². The van der Waals surface area contributed by atoms with Crippen molar-refractivity contribution in [3.63, 3.8) is 0 Å². The van der Waals surface area contributed by atoms with Crippen LogP contribution in [0, 0.1) is 17.5 Å². The summed E-state index contributed by atoms with van der Waals surface area (Å²) >= 11 is 5.81. The van der Waals surface area contributed by atoms with E-state index < -0.39 is 17.5 Å². The monoisotopic (exact) mass is 323 g/mol. The molecule has 0 N–H and O–H groups in total. The summed E-state index contributed by atoms with van der Waals surface area (Å²) in [4.78, 5) is 0. The van der Waals surface area contributed by atoms with Crippen molar-refractivity contribution < 1.29 is 13.2 Å². The molecule has 3 nitrogen and oxygen atoms in total. The maximum absolute atomic E-state index is 14.0. The Morgan fingerprint density at radius 1 is 1.00 bits per heavy atom. The van der Waals surface area contributed by atoms with E-state index in [4.69, 9.17) is 11.6 Å². The van der Waals surface area contributed by atoms with E-state index in [9.17, 15) is 13.2 Å². The summed E-state index contributed by atoms with van der Waals surface area (Å²) in [7, 11) is 0. The highest BCUT2D eigenvalue weighted by molar-refractivity contribution is 6.17. The zero-order chi connectivity index (χ0) is 15.7. The quantitative estimate of drug-likeness (QED) is 0.680. The molecule has 0 aliphatic rings. The molecule has 7 heteroatoms. The van der Waals surface area contributed by atoms with Crippen LogP contribution in [0.5, 0.6) is 0 Å². The van der Waals surface area contributed by atoms with Crippen molar-refractivity contribution in [2.45, 2.75) is 5.88 Å². The van der Waals surface area contributed by atoms with Gasteiger partial charge in [0.2, 0.25) is 0 Å². The molecule has 0 unspecified atom stereocenters. The predicted molar refractivity (Wildman–Crippen MR) is 76.2 cm³/mol. The van der Waals surface area contributed by atoms with Gasteiger partial charge < -0.3 is 0 Å². The predicted octanol–water partition coefficient (Wildman–Crippen LogP) is 4.09. The van der Waals surface area contributed by atoms with Gasteiger partial charge in [0.15, 0.2) is 0 Å². The molecule has 1 aromatic heterocycles. The zero-order valence-corrected chi connectivity index (χ0v) is 11.9. The number of hydrogen-bond donors (Lipinski definition) is 0. The first kappa shape index (κ1) is 14.6. The molecule has 3 rings (SSSR count). The van der Waals surface area contributed by atoms with E-state index in [2.05, 4.69) is 10.3 Å². The second-order valence-electron chi connectivity index (χ2n) is 4.54. The number of hydrogen-bond acceptors (Lipinski definition) is 2. The van der Waals surface area contributed by atoms with Gasteiger partial charge in [-0.2, -0.15) is 0 Å². The Hall–Kier alpha value is -2.34. The Morgan fingerprint density at radius 2 is 1.68 bits per heavy atom. The van der Waals surface area contributed by atoms with Crippen LogP contribution >= 0.6 is 11.6 Å². The van der Waals surface area contributed by atoms with E-state index in [1.54, 1.807) is 6.07 Å². The van der Waals surface area contributed by atoms with Gasteiger partial charge in [0, 0.05) is 11.6 Å². The van der Waals surface area contributed by atoms with Gasteiger partial charge in [-0.15, -0.1) is 16.7 Å². The summed E-state index contributed by atoms with van der Waals surface area (Å²) in [6, 6.07) is 8.89. The first-order valence-electron chi connectivity index (χ1n) is 6.32. The average molecular weight is 324 g/mol. The molecule has 0 fully saturated rings. The molecule has 22 heavy (non-hydrogen) atoms. The molecule has 0 amide bonds. The summed E-state index contributed by atoms with van der Waals surface area (Å²) in [5.41, 5.74) is 0.848. The Morgan fingerprint density at radius 3 is 2.32 bits per heavy atom. The number of alkyl halides is 1. The van der Waals surface area contributed by atoms with E-state index in [-0.39, 0.29) is 22.8 Å². The lowest BCUT2D eigenvalue weighted by Crippen LogP contribution is -2.03. The molecule has 2 aromatic carbocycles. The molecule has 3 aromatic rings. The van der Waals surface area contributed by atoms with E-state index >= 15 is 0 Å². The molecule has 0 bridgehead atoms. The Balaban J connectivity index is 2.26. The molecule has 0 saturated carbocycles. The number of benzene rings is 2. The van der Waals surface area contributed by atoms with Crippen molar-refractivity contribution >= 4 is 11.6 Å². The highest BCUT2D eigenvalue weighted by Crippen LogP contribution is 2.28. The van der Waals surface area contributed by atoms with Crippen LogP contribution in [0.15, 0.2) is 42.5 Å². The summed E-state index contributed by atoms with van der Waals surface area (Å²) in [6.07, 6.45) is 0. The van der Waals surface area contributed by atoms with Gasteiger partial charge >= 0.3 is 0 Å². The van der Waals surface area contributed by atoms with Crippen LogP contribution in [-0.4, -0.2) is 15.0 Å². The van der Waals surface area contributed by atoms with Crippen molar-refractivity contribution in [1.82, 2.24) is 15.0 Å². The van der Waals surface area contributed by atoms with Crippen molar-refractivity contribution in [3.8, 4) is 16.9 Å². The molecular weight excluding hydrogens is 315 g/mol. The summed E-state index contributed by atoms with van der Waals surface area (Å²) in [6.45, 7) is 0. The Labute approximate surface area is 129 Å². The Kier molecular flexibility index (Phi) is 3.85.